The molecule has 0 spiro atoms. The lowest BCUT2D eigenvalue weighted by Crippen LogP contribution is -2.08. The van der Waals surface area contributed by atoms with Crippen molar-refractivity contribution in [3.63, 3.8) is 0 Å². The number of hydrogen-bond acceptors (Lipinski definition) is 1. The fraction of sp³-hybridized carbons (Fsp3) is 0.364. The molecule has 1 atom stereocenters. The van der Waals surface area contributed by atoms with Gasteiger partial charge in [0, 0.05) is 5.56 Å². The highest BCUT2D eigenvalue weighted by molar-refractivity contribution is 5.78. The molecule has 0 saturated carbocycles. The summed E-state index contributed by atoms with van der Waals surface area (Å²) in [6.07, 6.45) is 2.22. The second-order valence-corrected chi connectivity index (χ2v) is 3.39. The summed E-state index contributed by atoms with van der Waals surface area (Å²) in [5.74, 6) is 0. The van der Waals surface area contributed by atoms with Crippen LogP contribution in [0.5, 0.6) is 0 Å². The number of hydrogen-bond donors (Lipinski definition) is 0. The van der Waals surface area contributed by atoms with E-state index in [9.17, 15) is 9.18 Å². The maximum Gasteiger partial charge on any atom is 0.150 e. The lowest BCUT2D eigenvalue weighted by molar-refractivity contribution is 0.112. The van der Waals surface area contributed by atoms with Crippen molar-refractivity contribution < 1.29 is 9.18 Å². The summed E-state index contributed by atoms with van der Waals surface area (Å²) in [6, 6.07) is 5.29. The highest BCUT2D eigenvalue weighted by Gasteiger charge is 2.20. The van der Waals surface area contributed by atoms with Gasteiger partial charge in [0.05, 0.1) is 0 Å². The van der Waals surface area contributed by atoms with E-state index in [4.69, 9.17) is 0 Å². The predicted molar refractivity (Wildman–Crippen MR) is 48.6 cm³/mol. The van der Waals surface area contributed by atoms with Crippen LogP contribution in [0.15, 0.2) is 18.2 Å². The number of aldehydes is 1. The van der Waals surface area contributed by atoms with E-state index in [1.54, 1.807) is 18.2 Å². The second kappa shape index (κ2) is 3.29. The second-order valence-electron chi connectivity index (χ2n) is 3.39. The minimum Gasteiger partial charge on any atom is -0.298 e. The number of benzene rings is 1. The molecule has 0 radical (unpaired) electrons. The largest absolute Gasteiger partial charge is 0.298 e. The van der Waals surface area contributed by atoms with E-state index in [2.05, 4.69) is 0 Å². The normalized spacial score (nSPS) is 20.8. The maximum atomic E-state index is 13.4. The van der Waals surface area contributed by atoms with Crippen molar-refractivity contribution in [2.75, 3.05) is 0 Å². The zero-order chi connectivity index (χ0) is 9.26. The minimum absolute atomic E-state index is 0.593. The van der Waals surface area contributed by atoms with Crippen LogP contribution in [0, 0.1) is 0 Å². The summed E-state index contributed by atoms with van der Waals surface area (Å²) in [4.78, 5) is 10.7. The molecule has 2 rings (SSSR count). The van der Waals surface area contributed by atoms with Crippen molar-refractivity contribution in [2.24, 2.45) is 0 Å². The first-order chi connectivity index (χ1) is 6.33. The van der Waals surface area contributed by atoms with Crippen LogP contribution in [0.3, 0.4) is 0 Å². The Hall–Kier alpha value is -1.18. The average Bonchev–Trinajstić information content (AvgIpc) is 2.18. The maximum absolute atomic E-state index is 13.4. The topological polar surface area (TPSA) is 17.1 Å². The Labute approximate surface area is 76.6 Å². The molecule has 0 saturated heterocycles. The van der Waals surface area contributed by atoms with Gasteiger partial charge in [-0.15, -0.1) is 0 Å². The van der Waals surface area contributed by atoms with E-state index in [1.807, 2.05) is 0 Å². The van der Waals surface area contributed by atoms with E-state index < -0.39 is 6.17 Å². The standard InChI is InChI=1S/C11H11FO/c12-11-6-2-4-9-8(7-13)3-1-5-10(9)11/h1,3,5,7,11H,2,4,6H2. The van der Waals surface area contributed by atoms with E-state index in [1.165, 1.54) is 0 Å². The van der Waals surface area contributed by atoms with Crippen LogP contribution in [0.1, 0.15) is 40.5 Å². The van der Waals surface area contributed by atoms with Crippen LogP contribution >= 0.6 is 0 Å². The fourth-order valence-corrected chi connectivity index (χ4v) is 1.93. The molecule has 1 aromatic rings. The Balaban J connectivity index is 2.54. The third-order valence-electron chi connectivity index (χ3n) is 2.60. The molecule has 0 bridgehead atoms. The van der Waals surface area contributed by atoms with Crippen LogP contribution in [-0.4, -0.2) is 6.29 Å². The summed E-state index contributed by atoms with van der Waals surface area (Å²) in [6.45, 7) is 0. The van der Waals surface area contributed by atoms with Crippen molar-refractivity contribution in [1.82, 2.24) is 0 Å². The van der Waals surface area contributed by atoms with Gasteiger partial charge in [0.1, 0.15) is 12.5 Å². The zero-order valence-corrected chi connectivity index (χ0v) is 7.29. The van der Waals surface area contributed by atoms with Crippen molar-refractivity contribution in [2.45, 2.75) is 25.4 Å². The van der Waals surface area contributed by atoms with Crippen LogP contribution in [0.25, 0.3) is 0 Å². The first kappa shape index (κ1) is 8.42. The van der Waals surface area contributed by atoms with Crippen molar-refractivity contribution in [3.05, 3.63) is 34.9 Å². The Bertz CT molecular complexity index is 333. The molecule has 1 aliphatic rings. The molecule has 1 nitrogen and oxygen atoms in total. The molecular weight excluding hydrogens is 167 g/mol. The van der Waals surface area contributed by atoms with Gasteiger partial charge in [-0.2, -0.15) is 0 Å². The van der Waals surface area contributed by atoms with E-state index >= 15 is 0 Å². The molecule has 1 aromatic carbocycles. The number of fused-ring (bicyclic) bond motifs is 1. The molecule has 1 aliphatic carbocycles. The third kappa shape index (κ3) is 1.37. The van der Waals surface area contributed by atoms with Crippen LogP contribution in [0.4, 0.5) is 4.39 Å². The first-order valence-corrected chi connectivity index (χ1v) is 4.54. The molecule has 0 fully saturated rings. The SMILES string of the molecule is O=Cc1cccc2c1CCCC2F. The van der Waals surface area contributed by atoms with Crippen LogP contribution in [0.2, 0.25) is 0 Å². The number of carbonyl (C=O) groups is 1. The van der Waals surface area contributed by atoms with Crippen molar-refractivity contribution in [3.8, 4) is 0 Å². The monoisotopic (exact) mass is 178 g/mol. The first-order valence-electron chi connectivity index (χ1n) is 4.54. The van der Waals surface area contributed by atoms with Gasteiger partial charge in [-0.1, -0.05) is 18.2 Å². The van der Waals surface area contributed by atoms with Gasteiger partial charge >= 0.3 is 0 Å². The van der Waals surface area contributed by atoms with E-state index in [0.717, 1.165) is 30.3 Å². The Kier molecular flexibility index (Phi) is 2.13. The van der Waals surface area contributed by atoms with Gasteiger partial charge in [-0.3, -0.25) is 4.79 Å². The molecule has 0 aromatic heterocycles. The van der Waals surface area contributed by atoms with Gasteiger partial charge in [0.15, 0.2) is 0 Å². The number of alkyl halides is 1. The van der Waals surface area contributed by atoms with Crippen LogP contribution in [-0.2, 0) is 6.42 Å². The summed E-state index contributed by atoms with van der Waals surface area (Å²) < 4.78 is 13.4. The molecule has 0 aliphatic heterocycles. The van der Waals surface area contributed by atoms with E-state index in [-0.39, 0.29) is 0 Å². The van der Waals surface area contributed by atoms with E-state index in [0.29, 0.717) is 12.0 Å². The third-order valence-corrected chi connectivity index (χ3v) is 2.60. The van der Waals surface area contributed by atoms with Gasteiger partial charge < -0.3 is 0 Å². The zero-order valence-electron chi connectivity index (χ0n) is 7.29. The Morgan fingerprint density at radius 1 is 1.46 bits per heavy atom. The molecule has 0 N–H and O–H groups in total. The Morgan fingerprint density at radius 2 is 2.31 bits per heavy atom. The quantitative estimate of drug-likeness (QED) is 0.604. The van der Waals surface area contributed by atoms with Gasteiger partial charge in [0.25, 0.3) is 0 Å². The number of carbonyl (C=O) groups excluding carboxylic acids is 1. The fourth-order valence-electron chi connectivity index (χ4n) is 1.93. The number of halogens is 1. The molecule has 68 valence electrons. The Morgan fingerprint density at radius 3 is 3.08 bits per heavy atom. The summed E-state index contributed by atoms with van der Waals surface area (Å²) >= 11 is 0. The lowest BCUT2D eigenvalue weighted by Gasteiger charge is -2.20. The molecule has 2 heteroatoms. The van der Waals surface area contributed by atoms with Gasteiger partial charge in [0.2, 0.25) is 0 Å². The summed E-state index contributed by atoms with van der Waals surface area (Å²) in [5, 5.41) is 0. The smallest absolute Gasteiger partial charge is 0.150 e. The van der Waals surface area contributed by atoms with Gasteiger partial charge in [-0.25, -0.2) is 4.39 Å². The van der Waals surface area contributed by atoms with Gasteiger partial charge in [-0.05, 0) is 30.4 Å². The predicted octanol–water partition coefficient (Wildman–Crippen LogP) is 2.85. The molecule has 0 amide bonds. The molecule has 1 unspecified atom stereocenters. The van der Waals surface area contributed by atoms with Crippen molar-refractivity contribution in [1.29, 1.82) is 0 Å². The lowest BCUT2D eigenvalue weighted by atomic mass is 9.87. The summed E-state index contributed by atoms with van der Waals surface area (Å²) in [7, 11) is 0. The highest BCUT2D eigenvalue weighted by atomic mass is 19.1. The molecule has 0 heterocycles. The minimum atomic E-state index is -0.872. The molecule has 13 heavy (non-hydrogen) atoms. The van der Waals surface area contributed by atoms with Crippen LogP contribution < -0.4 is 0 Å². The highest BCUT2D eigenvalue weighted by Crippen LogP contribution is 2.33. The summed E-state index contributed by atoms with van der Waals surface area (Å²) in [5.41, 5.74) is 2.28. The van der Waals surface area contributed by atoms with Crippen molar-refractivity contribution >= 4 is 6.29 Å². The average molecular weight is 178 g/mol. The number of rotatable bonds is 1. The molecular formula is C11H11FO.